The highest BCUT2D eigenvalue weighted by molar-refractivity contribution is 5.83. The number of nitrogens with one attached hydrogen (secondary N) is 1. The van der Waals surface area contributed by atoms with Gasteiger partial charge in [0.1, 0.15) is 0 Å². The van der Waals surface area contributed by atoms with Crippen LogP contribution in [0.4, 0.5) is 0 Å². The van der Waals surface area contributed by atoms with Gasteiger partial charge in [0.05, 0.1) is 12.8 Å². The lowest BCUT2D eigenvalue weighted by Gasteiger charge is -2.34. The summed E-state index contributed by atoms with van der Waals surface area (Å²) >= 11 is 0. The molecule has 1 aliphatic heterocycles. The van der Waals surface area contributed by atoms with E-state index < -0.39 is 0 Å². The second-order valence-corrected chi connectivity index (χ2v) is 6.93. The number of benzene rings is 2. The number of amides is 1. The third-order valence-electron chi connectivity index (χ3n) is 4.87. The van der Waals surface area contributed by atoms with E-state index in [1.807, 2.05) is 18.2 Å². The Labute approximate surface area is 161 Å². The lowest BCUT2D eigenvalue weighted by Crippen LogP contribution is -2.48. The molecular weight excluding hydrogens is 336 g/mol. The molecule has 3 rings (SSSR count). The monoisotopic (exact) mass is 364 g/mol. The molecule has 0 radical (unpaired) electrons. The zero-order valence-electron chi connectivity index (χ0n) is 16.0. The van der Waals surface area contributed by atoms with Crippen LogP contribution in [0.15, 0.2) is 59.7 Å². The second-order valence-electron chi connectivity index (χ2n) is 6.93. The molecule has 2 aromatic rings. The Morgan fingerprint density at radius 3 is 2.30 bits per heavy atom. The number of nitrogens with zero attached hydrogens (tertiary/aromatic N) is 3. The van der Waals surface area contributed by atoms with Gasteiger partial charge in [-0.05, 0) is 23.1 Å². The van der Waals surface area contributed by atoms with Gasteiger partial charge in [0.15, 0.2) is 0 Å². The van der Waals surface area contributed by atoms with Gasteiger partial charge >= 0.3 is 0 Å². The Bertz CT molecular complexity index is 735. The number of rotatable bonds is 7. The molecule has 0 atom stereocenters. The molecular formula is C22H28N4O. The maximum atomic E-state index is 12.1. The quantitative estimate of drug-likeness (QED) is 0.607. The zero-order valence-corrected chi connectivity index (χ0v) is 16.0. The molecule has 1 fully saturated rings. The summed E-state index contributed by atoms with van der Waals surface area (Å²) in [6, 6.07) is 18.7. The molecule has 0 aliphatic carbocycles. The first-order valence-corrected chi connectivity index (χ1v) is 9.62. The number of carbonyl (C=O) groups excluding carboxylic acids is 1. The third-order valence-corrected chi connectivity index (χ3v) is 4.87. The maximum Gasteiger partial charge on any atom is 0.254 e. The van der Waals surface area contributed by atoms with Crippen LogP contribution in [0.5, 0.6) is 0 Å². The molecule has 27 heavy (non-hydrogen) atoms. The molecule has 1 amide bonds. The van der Waals surface area contributed by atoms with E-state index in [0.29, 0.717) is 6.54 Å². The molecule has 0 spiro atoms. The van der Waals surface area contributed by atoms with Crippen LogP contribution in [-0.2, 0) is 17.8 Å². The molecule has 1 N–H and O–H groups in total. The van der Waals surface area contributed by atoms with Gasteiger partial charge in [-0.1, -0.05) is 61.5 Å². The van der Waals surface area contributed by atoms with Gasteiger partial charge < -0.3 is 0 Å². The summed E-state index contributed by atoms with van der Waals surface area (Å²) in [4.78, 5) is 16.7. The highest BCUT2D eigenvalue weighted by Gasteiger charge is 2.18. The Morgan fingerprint density at radius 2 is 1.63 bits per heavy atom. The van der Waals surface area contributed by atoms with E-state index >= 15 is 0 Å². The number of aryl methyl sites for hydroxylation is 1. The molecule has 1 saturated heterocycles. The number of hydrogen-bond acceptors (Lipinski definition) is 4. The van der Waals surface area contributed by atoms with Crippen molar-refractivity contribution >= 4 is 12.1 Å². The summed E-state index contributed by atoms with van der Waals surface area (Å²) in [6.45, 7) is 7.27. The molecule has 5 nitrogen and oxygen atoms in total. The van der Waals surface area contributed by atoms with Gasteiger partial charge in [0.25, 0.3) is 5.91 Å². The van der Waals surface area contributed by atoms with Crippen LogP contribution >= 0.6 is 0 Å². The minimum atomic E-state index is -0.0621. The minimum Gasteiger partial charge on any atom is -0.297 e. The Hall–Kier alpha value is -2.50. The minimum absolute atomic E-state index is 0.0621. The number of piperazine rings is 1. The normalized spacial score (nSPS) is 15.9. The fourth-order valence-corrected chi connectivity index (χ4v) is 3.20. The smallest absolute Gasteiger partial charge is 0.254 e. The van der Waals surface area contributed by atoms with Crippen molar-refractivity contribution in [2.75, 3.05) is 32.7 Å². The largest absolute Gasteiger partial charge is 0.297 e. The van der Waals surface area contributed by atoms with E-state index in [1.54, 1.807) is 6.21 Å². The van der Waals surface area contributed by atoms with Crippen LogP contribution in [-0.4, -0.2) is 54.6 Å². The molecule has 1 heterocycles. The average Bonchev–Trinajstić information content (AvgIpc) is 2.71. The van der Waals surface area contributed by atoms with Gasteiger partial charge in [-0.2, -0.15) is 5.10 Å². The molecule has 5 heteroatoms. The van der Waals surface area contributed by atoms with Crippen molar-refractivity contribution in [3.8, 4) is 0 Å². The predicted molar refractivity (Wildman–Crippen MR) is 110 cm³/mol. The van der Waals surface area contributed by atoms with Crippen molar-refractivity contribution in [1.82, 2.24) is 15.2 Å². The van der Waals surface area contributed by atoms with E-state index in [-0.39, 0.29) is 5.91 Å². The molecule has 0 unspecified atom stereocenters. The molecule has 1 aliphatic rings. The van der Waals surface area contributed by atoms with Crippen LogP contribution in [0.3, 0.4) is 0 Å². The second kappa shape index (κ2) is 10.00. The van der Waals surface area contributed by atoms with Crippen molar-refractivity contribution in [2.45, 2.75) is 19.9 Å². The highest BCUT2D eigenvalue weighted by atomic mass is 16.2. The van der Waals surface area contributed by atoms with Crippen LogP contribution in [0.2, 0.25) is 0 Å². The average molecular weight is 364 g/mol. The number of hydrogen-bond donors (Lipinski definition) is 1. The van der Waals surface area contributed by atoms with Crippen LogP contribution < -0.4 is 5.43 Å². The first kappa shape index (κ1) is 19.3. The fourth-order valence-electron chi connectivity index (χ4n) is 3.20. The summed E-state index contributed by atoms with van der Waals surface area (Å²) in [5.41, 5.74) is 6.25. The van der Waals surface area contributed by atoms with Crippen LogP contribution in [0, 0.1) is 0 Å². The molecule has 0 saturated carbocycles. The van der Waals surface area contributed by atoms with Crippen molar-refractivity contribution in [1.29, 1.82) is 0 Å². The summed E-state index contributed by atoms with van der Waals surface area (Å²) in [5, 5.41) is 4.07. The van der Waals surface area contributed by atoms with Crippen molar-refractivity contribution in [3.05, 3.63) is 71.3 Å². The standard InChI is InChI=1S/C22H28N4O/c1-2-19-8-10-20(11-9-19)16-23-24-22(27)18-26-14-12-25(13-15-26)17-21-6-4-3-5-7-21/h3-11,16H,2,12-15,17-18H2,1H3,(H,24,27). The van der Waals surface area contributed by atoms with Crippen LogP contribution in [0.1, 0.15) is 23.6 Å². The van der Waals surface area contributed by atoms with E-state index in [2.05, 4.69) is 63.6 Å². The van der Waals surface area contributed by atoms with E-state index in [0.717, 1.165) is 44.7 Å². The first-order chi connectivity index (χ1) is 13.2. The number of carbonyl (C=O) groups is 1. The Balaban J connectivity index is 1.37. The third kappa shape index (κ3) is 6.31. The Kier molecular flexibility index (Phi) is 7.13. The van der Waals surface area contributed by atoms with Gasteiger partial charge in [-0.25, -0.2) is 5.43 Å². The van der Waals surface area contributed by atoms with Gasteiger partial charge in [-0.3, -0.25) is 14.6 Å². The zero-order chi connectivity index (χ0) is 18.9. The SMILES string of the molecule is CCc1ccc(C=NNC(=O)CN2CCN(Cc3ccccc3)CC2)cc1. The lowest BCUT2D eigenvalue weighted by molar-refractivity contribution is -0.122. The summed E-state index contributed by atoms with van der Waals surface area (Å²) in [6.07, 6.45) is 2.71. The summed E-state index contributed by atoms with van der Waals surface area (Å²) in [7, 11) is 0. The molecule has 0 aromatic heterocycles. The molecule has 0 bridgehead atoms. The topological polar surface area (TPSA) is 47.9 Å². The van der Waals surface area contributed by atoms with E-state index in [4.69, 9.17) is 0 Å². The van der Waals surface area contributed by atoms with Crippen molar-refractivity contribution in [3.63, 3.8) is 0 Å². The van der Waals surface area contributed by atoms with Gasteiger partial charge in [-0.15, -0.1) is 0 Å². The molecule has 2 aromatic carbocycles. The number of hydrazone groups is 1. The van der Waals surface area contributed by atoms with Crippen molar-refractivity contribution < 1.29 is 4.79 Å². The fraction of sp³-hybridized carbons (Fsp3) is 0.364. The maximum absolute atomic E-state index is 12.1. The first-order valence-electron chi connectivity index (χ1n) is 9.62. The van der Waals surface area contributed by atoms with Gasteiger partial charge in [0.2, 0.25) is 0 Å². The van der Waals surface area contributed by atoms with Crippen molar-refractivity contribution in [2.24, 2.45) is 5.10 Å². The summed E-state index contributed by atoms with van der Waals surface area (Å²) in [5.74, 6) is -0.0621. The Morgan fingerprint density at radius 1 is 0.963 bits per heavy atom. The van der Waals surface area contributed by atoms with Gasteiger partial charge in [0, 0.05) is 32.7 Å². The summed E-state index contributed by atoms with van der Waals surface area (Å²) < 4.78 is 0. The van der Waals surface area contributed by atoms with E-state index in [9.17, 15) is 4.79 Å². The molecule has 142 valence electrons. The highest BCUT2D eigenvalue weighted by Crippen LogP contribution is 2.08. The van der Waals surface area contributed by atoms with Crippen LogP contribution in [0.25, 0.3) is 0 Å². The predicted octanol–water partition coefficient (Wildman–Crippen LogP) is 2.52. The van der Waals surface area contributed by atoms with E-state index in [1.165, 1.54) is 11.1 Å². The lowest BCUT2D eigenvalue weighted by atomic mass is 10.1.